The third-order valence-corrected chi connectivity index (χ3v) is 4.24. The molecule has 1 saturated carbocycles. The lowest BCUT2D eigenvalue weighted by atomic mass is 9.94. The van der Waals surface area contributed by atoms with Crippen LogP contribution in [0, 0.1) is 11.7 Å². The van der Waals surface area contributed by atoms with Gasteiger partial charge in [-0.1, -0.05) is 13.3 Å². The molecule has 2 rings (SSSR count). The molecule has 0 aliphatic heterocycles. The maximum absolute atomic E-state index is 13.4. The number of hydrogen-bond acceptors (Lipinski definition) is 3. The summed E-state index contributed by atoms with van der Waals surface area (Å²) in [5, 5.41) is 3.50. The van der Waals surface area contributed by atoms with Crippen LogP contribution in [-0.4, -0.2) is 19.2 Å². The van der Waals surface area contributed by atoms with E-state index < -0.39 is 0 Å². The molecule has 1 aliphatic carbocycles. The Morgan fingerprint density at radius 3 is 2.89 bits per heavy atom. The van der Waals surface area contributed by atoms with Crippen molar-refractivity contribution >= 4 is 5.69 Å². The van der Waals surface area contributed by atoms with Crippen LogP contribution in [0.4, 0.5) is 10.1 Å². The Kier molecular flexibility index (Phi) is 4.30. The summed E-state index contributed by atoms with van der Waals surface area (Å²) < 4.78 is 18.4. The molecular weight excluding hydrogens is 243 g/mol. The maximum atomic E-state index is 13.4. The van der Waals surface area contributed by atoms with Gasteiger partial charge < -0.3 is 15.8 Å². The van der Waals surface area contributed by atoms with E-state index in [1.165, 1.54) is 26.0 Å². The highest BCUT2D eigenvalue weighted by Gasteiger charge is 2.37. The first kappa shape index (κ1) is 14.1. The predicted molar refractivity (Wildman–Crippen MR) is 76.0 cm³/mol. The monoisotopic (exact) mass is 266 g/mol. The molecule has 0 heterocycles. The van der Waals surface area contributed by atoms with E-state index in [1.54, 1.807) is 12.1 Å². The van der Waals surface area contributed by atoms with Crippen LogP contribution in [0.15, 0.2) is 18.2 Å². The number of anilines is 1. The minimum absolute atomic E-state index is 0.0521. The van der Waals surface area contributed by atoms with Gasteiger partial charge in [0.1, 0.15) is 0 Å². The SMILES string of the molecule is CCC1CCC(CN)(Nc2ccc(F)c(OC)c2)C1. The van der Waals surface area contributed by atoms with Crippen molar-refractivity contribution in [2.75, 3.05) is 19.0 Å². The minimum Gasteiger partial charge on any atom is -0.494 e. The zero-order valence-electron chi connectivity index (χ0n) is 11.7. The number of benzene rings is 1. The fourth-order valence-electron chi connectivity index (χ4n) is 2.98. The minimum atomic E-state index is -0.340. The Labute approximate surface area is 114 Å². The average Bonchev–Trinajstić information content (AvgIpc) is 2.85. The summed E-state index contributed by atoms with van der Waals surface area (Å²) >= 11 is 0. The summed E-state index contributed by atoms with van der Waals surface area (Å²) in [5.41, 5.74) is 6.79. The Bertz CT molecular complexity index is 438. The van der Waals surface area contributed by atoms with E-state index >= 15 is 0 Å². The summed E-state index contributed by atoms with van der Waals surface area (Å²) in [6.07, 6.45) is 4.55. The van der Waals surface area contributed by atoms with Crippen molar-refractivity contribution in [2.45, 2.75) is 38.1 Å². The first-order valence-electron chi connectivity index (χ1n) is 6.94. The van der Waals surface area contributed by atoms with Crippen LogP contribution < -0.4 is 15.8 Å². The van der Waals surface area contributed by atoms with Gasteiger partial charge in [-0.25, -0.2) is 4.39 Å². The lowest BCUT2D eigenvalue weighted by Gasteiger charge is -2.30. The molecule has 2 unspecified atom stereocenters. The molecular formula is C15H23FN2O. The molecule has 0 bridgehead atoms. The van der Waals surface area contributed by atoms with E-state index in [0.29, 0.717) is 6.54 Å². The molecule has 106 valence electrons. The van der Waals surface area contributed by atoms with Crippen molar-refractivity contribution in [2.24, 2.45) is 11.7 Å². The molecule has 1 aromatic carbocycles. The van der Waals surface area contributed by atoms with E-state index in [-0.39, 0.29) is 17.1 Å². The summed E-state index contributed by atoms with van der Waals surface area (Å²) in [6.45, 7) is 2.82. The van der Waals surface area contributed by atoms with Gasteiger partial charge in [0.15, 0.2) is 11.6 Å². The molecule has 0 amide bonds. The smallest absolute Gasteiger partial charge is 0.165 e. The van der Waals surface area contributed by atoms with Crippen molar-refractivity contribution < 1.29 is 9.13 Å². The number of nitrogens with one attached hydrogen (secondary N) is 1. The van der Waals surface area contributed by atoms with Crippen LogP contribution in [0.1, 0.15) is 32.6 Å². The molecule has 4 heteroatoms. The summed E-state index contributed by atoms with van der Waals surface area (Å²) in [5.74, 6) is 0.660. The molecule has 0 saturated heterocycles. The quantitative estimate of drug-likeness (QED) is 0.860. The zero-order chi connectivity index (χ0) is 13.9. The largest absolute Gasteiger partial charge is 0.494 e. The summed E-state index contributed by atoms with van der Waals surface area (Å²) in [4.78, 5) is 0. The van der Waals surface area contributed by atoms with E-state index in [9.17, 15) is 4.39 Å². The first-order valence-corrected chi connectivity index (χ1v) is 6.94. The van der Waals surface area contributed by atoms with Crippen molar-refractivity contribution in [3.8, 4) is 5.75 Å². The van der Waals surface area contributed by atoms with Gasteiger partial charge in [-0.15, -0.1) is 0 Å². The van der Waals surface area contributed by atoms with E-state index in [2.05, 4.69) is 12.2 Å². The third kappa shape index (κ3) is 3.00. The van der Waals surface area contributed by atoms with E-state index in [4.69, 9.17) is 10.5 Å². The lowest BCUT2D eigenvalue weighted by Crippen LogP contribution is -2.43. The van der Waals surface area contributed by atoms with Crippen molar-refractivity contribution in [1.29, 1.82) is 0 Å². The number of methoxy groups -OCH3 is 1. The molecule has 19 heavy (non-hydrogen) atoms. The van der Waals surface area contributed by atoms with Gasteiger partial charge in [0.05, 0.1) is 7.11 Å². The Morgan fingerprint density at radius 2 is 2.32 bits per heavy atom. The number of nitrogens with two attached hydrogens (primary N) is 1. The molecule has 3 nitrogen and oxygen atoms in total. The van der Waals surface area contributed by atoms with Crippen molar-refractivity contribution in [1.82, 2.24) is 0 Å². The highest BCUT2D eigenvalue weighted by Crippen LogP contribution is 2.38. The first-order chi connectivity index (χ1) is 9.12. The van der Waals surface area contributed by atoms with Crippen molar-refractivity contribution in [3.05, 3.63) is 24.0 Å². The van der Waals surface area contributed by atoms with Crippen LogP contribution in [0.5, 0.6) is 5.75 Å². The molecule has 0 spiro atoms. The van der Waals surface area contributed by atoms with Crippen LogP contribution in [0.3, 0.4) is 0 Å². The van der Waals surface area contributed by atoms with Crippen LogP contribution in [0.25, 0.3) is 0 Å². The van der Waals surface area contributed by atoms with Gasteiger partial charge in [-0.05, 0) is 37.3 Å². The Balaban J connectivity index is 2.15. The Hall–Kier alpha value is -1.29. The molecule has 2 atom stereocenters. The highest BCUT2D eigenvalue weighted by atomic mass is 19.1. The van der Waals surface area contributed by atoms with Crippen LogP contribution >= 0.6 is 0 Å². The van der Waals surface area contributed by atoms with Gasteiger partial charge in [-0.3, -0.25) is 0 Å². The number of rotatable bonds is 5. The van der Waals surface area contributed by atoms with E-state index in [0.717, 1.165) is 24.4 Å². The number of halogens is 1. The third-order valence-electron chi connectivity index (χ3n) is 4.24. The van der Waals surface area contributed by atoms with Gasteiger partial charge >= 0.3 is 0 Å². The number of ether oxygens (including phenoxy) is 1. The zero-order valence-corrected chi connectivity index (χ0v) is 11.7. The van der Waals surface area contributed by atoms with Gasteiger partial charge in [0, 0.05) is 23.8 Å². The van der Waals surface area contributed by atoms with Gasteiger partial charge in [0.2, 0.25) is 0 Å². The van der Waals surface area contributed by atoms with Gasteiger partial charge in [0.25, 0.3) is 0 Å². The summed E-state index contributed by atoms with van der Waals surface area (Å²) in [6, 6.07) is 4.87. The molecule has 1 fully saturated rings. The maximum Gasteiger partial charge on any atom is 0.165 e. The van der Waals surface area contributed by atoms with Crippen molar-refractivity contribution in [3.63, 3.8) is 0 Å². The standard InChI is InChI=1S/C15H23FN2O/c1-3-11-6-7-15(9-11,10-17)18-12-4-5-13(16)14(8-12)19-2/h4-5,8,11,18H,3,6-7,9-10,17H2,1-2H3. The molecule has 3 N–H and O–H groups in total. The molecule has 0 radical (unpaired) electrons. The summed E-state index contributed by atoms with van der Waals surface area (Å²) in [7, 11) is 1.48. The molecule has 1 aliphatic rings. The highest BCUT2D eigenvalue weighted by molar-refractivity contribution is 5.51. The second-order valence-corrected chi connectivity index (χ2v) is 5.48. The lowest BCUT2D eigenvalue weighted by molar-refractivity contribution is 0.386. The second-order valence-electron chi connectivity index (χ2n) is 5.48. The normalized spacial score (nSPS) is 26.4. The fraction of sp³-hybridized carbons (Fsp3) is 0.600. The average molecular weight is 266 g/mol. The van der Waals surface area contributed by atoms with E-state index in [1.807, 2.05) is 0 Å². The second kappa shape index (κ2) is 5.78. The molecule has 0 aromatic heterocycles. The van der Waals surface area contributed by atoms with Crippen LogP contribution in [0.2, 0.25) is 0 Å². The predicted octanol–water partition coefficient (Wildman–Crippen LogP) is 3.15. The molecule has 1 aromatic rings. The van der Waals surface area contributed by atoms with Crippen LogP contribution in [-0.2, 0) is 0 Å². The van der Waals surface area contributed by atoms with Gasteiger partial charge in [-0.2, -0.15) is 0 Å². The number of hydrogen-bond donors (Lipinski definition) is 2. The fourth-order valence-corrected chi connectivity index (χ4v) is 2.98. The topological polar surface area (TPSA) is 47.3 Å². The Morgan fingerprint density at radius 1 is 1.53 bits per heavy atom.